The molecule has 0 saturated heterocycles. The Labute approximate surface area is 173 Å². The van der Waals surface area contributed by atoms with Gasteiger partial charge in [0.2, 0.25) is 11.2 Å². The number of hydrogen-bond donors (Lipinski definition) is 0. The second-order valence-electron chi connectivity index (χ2n) is 6.70. The van der Waals surface area contributed by atoms with E-state index in [0.29, 0.717) is 22.5 Å². The van der Waals surface area contributed by atoms with Gasteiger partial charge in [-0.25, -0.2) is 9.97 Å². The lowest BCUT2D eigenvalue weighted by molar-refractivity contribution is -0.137. The molecule has 0 aliphatic heterocycles. The molecule has 0 N–H and O–H groups in total. The molecular formula is C19H14ClF3N6O. The Morgan fingerprint density at radius 2 is 1.87 bits per heavy atom. The third-order valence-electron chi connectivity index (χ3n) is 4.30. The molecule has 4 aromatic rings. The van der Waals surface area contributed by atoms with Gasteiger partial charge >= 0.3 is 6.18 Å². The predicted molar refractivity (Wildman–Crippen MR) is 102 cm³/mol. The van der Waals surface area contributed by atoms with Crippen LogP contribution in [0.1, 0.15) is 31.0 Å². The van der Waals surface area contributed by atoms with Crippen LogP contribution >= 0.6 is 11.6 Å². The fourth-order valence-electron chi connectivity index (χ4n) is 2.93. The summed E-state index contributed by atoms with van der Waals surface area (Å²) in [6, 6.07) is 6.26. The van der Waals surface area contributed by atoms with Crippen LogP contribution in [-0.2, 0) is 6.18 Å². The summed E-state index contributed by atoms with van der Waals surface area (Å²) in [7, 11) is 0. The van der Waals surface area contributed by atoms with Gasteiger partial charge in [0, 0.05) is 23.4 Å². The zero-order valence-corrected chi connectivity index (χ0v) is 16.5. The molecule has 0 saturated carbocycles. The van der Waals surface area contributed by atoms with E-state index in [2.05, 4.69) is 25.3 Å². The fourth-order valence-corrected chi connectivity index (χ4v) is 3.09. The van der Waals surface area contributed by atoms with Crippen LogP contribution < -0.4 is 4.74 Å². The molecule has 1 aromatic carbocycles. The Morgan fingerprint density at radius 3 is 2.60 bits per heavy atom. The molecule has 0 aliphatic carbocycles. The average molecular weight is 435 g/mol. The van der Waals surface area contributed by atoms with Crippen molar-refractivity contribution in [3.05, 3.63) is 59.4 Å². The van der Waals surface area contributed by atoms with Gasteiger partial charge in [0.25, 0.3) is 0 Å². The first-order valence-corrected chi connectivity index (χ1v) is 9.19. The van der Waals surface area contributed by atoms with E-state index in [1.807, 2.05) is 13.8 Å². The van der Waals surface area contributed by atoms with Crippen molar-refractivity contribution in [2.24, 2.45) is 0 Å². The van der Waals surface area contributed by atoms with Gasteiger partial charge in [0.1, 0.15) is 12.1 Å². The molecule has 4 rings (SSSR count). The van der Waals surface area contributed by atoms with Crippen LogP contribution in [0.4, 0.5) is 13.2 Å². The summed E-state index contributed by atoms with van der Waals surface area (Å²) in [5.41, 5.74) is 1.17. The first kappa shape index (κ1) is 20.0. The van der Waals surface area contributed by atoms with E-state index < -0.39 is 11.7 Å². The van der Waals surface area contributed by atoms with Crippen molar-refractivity contribution in [2.45, 2.75) is 25.9 Å². The summed E-state index contributed by atoms with van der Waals surface area (Å²) >= 11 is 5.92. The van der Waals surface area contributed by atoms with Crippen LogP contribution in [0.25, 0.3) is 16.8 Å². The molecule has 0 aliphatic rings. The molecule has 3 heterocycles. The van der Waals surface area contributed by atoms with Crippen molar-refractivity contribution in [1.82, 2.24) is 29.8 Å². The van der Waals surface area contributed by atoms with E-state index in [1.165, 1.54) is 23.0 Å². The molecular weight excluding hydrogens is 421 g/mol. The third kappa shape index (κ3) is 3.78. The Morgan fingerprint density at radius 1 is 1.07 bits per heavy atom. The summed E-state index contributed by atoms with van der Waals surface area (Å²) in [4.78, 5) is 8.30. The van der Waals surface area contributed by atoms with Gasteiger partial charge in [-0.1, -0.05) is 13.8 Å². The zero-order valence-electron chi connectivity index (χ0n) is 15.7. The number of hydrogen-bond acceptors (Lipinski definition) is 6. The molecule has 0 spiro atoms. The van der Waals surface area contributed by atoms with E-state index in [-0.39, 0.29) is 22.8 Å². The highest BCUT2D eigenvalue weighted by molar-refractivity contribution is 6.28. The largest absolute Gasteiger partial charge is 0.437 e. The van der Waals surface area contributed by atoms with Crippen molar-refractivity contribution in [1.29, 1.82) is 0 Å². The highest BCUT2D eigenvalue weighted by Crippen LogP contribution is 2.40. The highest BCUT2D eigenvalue weighted by atomic mass is 35.5. The average Bonchev–Trinajstić information content (AvgIpc) is 3.07. The molecule has 11 heteroatoms. The fraction of sp³-hybridized carbons (Fsp3) is 0.211. The Bertz CT molecular complexity index is 1220. The molecule has 0 fully saturated rings. The second-order valence-corrected chi connectivity index (χ2v) is 7.04. The number of fused-ring (bicyclic) bond motifs is 1. The van der Waals surface area contributed by atoms with Crippen molar-refractivity contribution >= 4 is 17.2 Å². The van der Waals surface area contributed by atoms with E-state index in [0.717, 1.165) is 12.1 Å². The SMILES string of the molecule is CC(C)c1ncncc1-c1ccc(C(F)(F)F)cc1Oc1ccc2nnc(Cl)n2n1. The molecule has 0 unspecified atom stereocenters. The quantitative estimate of drug-likeness (QED) is 0.441. The lowest BCUT2D eigenvalue weighted by atomic mass is 9.97. The first-order chi connectivity index (χ1) is 14.2. The topological polar surface area (TPSA) is 78.1 Å². The number of rotatable bonds is 4. The normalized spacial score (nSPS) is 12.0. The summed E-state index contributed by atoms with van der Waals surface area (Å²) in [6.45, 7) is 3.86. The van der Waals surface area contributed by atoms with E-state index in [1.54, 1.807) is 12.3 Å². The minimum atomic E-state index is -4.54. The third-order valence-corrected chi connectivity index (χ3v) is 4.54. The monoisotopic (exact) mass is 434 g/mol. The van der Waals surface area contributed by atoms with Crippen LogP contribution in [0, 0.1) is 0 Å². The Balaban J connectivity index is 1.86. The Hall–Kier alpha value is -3.27. The maximum atomic E-state index is 13.3. The summed E-state index contributed by atoms with van der Waals surface area (Å²) in [6.07, 6.45) is -1.60. The van der Waals surface area contributed by atoms with Gasteiger partial charge in [-0.3, -0.25) is 0 Å². The minimum Gasteiger partial charge on any atom is -0.437 e. The van der Waals surface area contributed by atoms with Gasteiger partial charge < -0.3 is 4.74 Å². The number of ether oxygens (including phenoxy) is 1. The standard InChI is InChI=1S/C19H14ClF3N6O/c1-10(2)17-13(8-24-9-25-17)12-4-3-11(19(21,22)23)7-14(12)30-16-6-5-15-26-27-18(20)29(15)28-16/h3-10H,1-2H3. The van der Waals surface area contributed by atoms with Gasteiger partial charge in [-0.15, -0.1) is 15.3 Å². The van der Waals surface area contributed by atoms with E-state index in [9.17, 15) is 13.2 Å². The number of halogens is 4. The van der Waals surface area contributed by atoms with Gasteiger partial charge in [0.15, 0.2) is 5.65 Å². The molecule has 0 atom stereocenters. The maximum Gasteiger partial charge on any atom is 0.416 e. The smallest absolute Gasteiger partial charge is 0.416 e. The molecule has 0 radical (unpaired) electrons. The van der Waals surface area contributed by atoms with Crippen molar-refractivity contribution in [2.75, 3.05) is 0 Å². The highest BCUT2D eigenvalue weighted by Gasteiger charge is 2.32. The lowest BCUT2D eigenvalue weighted by Crippen LogP contribution is -2.06. The summed E-state index contributed by atoms with van der Waals surface area (Å²) in [5.74, 6) is -0.00580. The molecule has 0 bridgehead atoms. The molecule has 0 amide bonds. The van der Waals surface area contributed by atoms with E-state index in [4.69, 9.17) is 16.3 Å². The predicted octanol–water partition coefficient (Wildman–Crippen LogP) is 5.17. The van der Waals surface area contributed by atoms with Crippen LogP contribution in [0.5, 0.6) is 11.6 Å². The first-order valence-electron chi connectivity index (χ1n) is 8.81. The van der Waals surface area contributed by atoms with Crippen LogP contribution in [0.15, 0.2) is 42.9 Å². The summed E-state index contributed by atoms with van der Waals surface area (Å²) in [5, 5.41) is 11.6. The minimum absolute atomic E-state index is 0.00160. The molecule has 154 valence electrons. The zero-order chi connectivity index (χ0) is 21.5. The number of nitrogens with zero attached hydrogens (tertiary/aromatic N) is 6. The Kier molecular flexibility index (Phi) is 5.02. The van der Waals surface area contributed by atoms with Gasteiger partial charge in [-0.2, -0.15) is 17.7 Å². The van der Waals surface area contributed by atoms with Crippen LogP contribution in [0.3, 0.4) is 0 Å². The van der Waals surface area contributed by atoms with Gasteiger partial charge in [-0.05, 0) is 41.8 Å². The number of aromatic nitrogens is 6. The number of benzene rings is 1. The molecule has 30 heavy (non-hydrogen) atoms. The van der Waals surface area contributed by atoms with Crippen LogP contribution in [0.2, 0.25) is 5.28 Å². The summed E-state index contributed by atoms with van der Waals surface area (Å²) < 4.78 is 47.0. The van der Waals surface area contributed by atoms with Crippen molar-refractivity contribution < 1.29 is 17.9 Å². The maximum absolute atomic E-state index is 13.3. The van der Waals surface area contributed by atoms with Crippen LogP contribution in [-0.4, -0.2) is 29.8 Å². The molecule has 3 aromatic heterocycles. The molecule has 7 nitrogen and oxygen atoms in total. The number of alkyl halides is 3. The van der Waals surface area contributed by atoms with E-state index >= 15 is 0 Å². The van der Waals surface area contributed by atoms with Crippen molar-refractivity contribution in [3.8, 4) is 22.8 Å². The van der Waals surface area contributed by atoms with Gasteiger partial charge in [0.05, 0.1) is 11.3 Å². The lowest BCUT2D eigenvalue weighted by Gasteiger charge is -2.16. The second kappa shape index (κ2) is 7.52. The van der Waals surface area contributed by atoms with Crippen molar-refractivity contribution in [3.63, 3.8) is 0 Å².